The van der Waals surface area contributed by atoms with Crippen LogP contribution in [0, 0.1) is 0 Å². The van der Waals surface area contributed by atoms with Gasteiger partial charge in [-0.2, -0.15) is 0 Å². The van der Waals surface area contributed by atoms with Gasteiger partial charge in [-0.25, -0.2) is 0 Å². The summed E-state index contributed by atoms with van der Waals surface area (Å²) in [4.78, 5) is 0. The molecule has 3 rings (SSSR count). The number of halogens is 3. The van der Waals surface area contributed by atoms with Crippen LogP contribution in [-0.4, -0.2) is 5.11 Å². The molecule has 0 aliphatic carbocycles. The first-order valence-electron chi connectivity index (χ1n) is 7.89. The lowest BCUT2D eigenvalue weighted by molar-refractivity contribution is 0.303. The number of benzene rings is 3. The van der Waals surface area contributed by atoms with Crippen LogP contribution in [0.15, 0.2) is 65.1 Å². The smallest absolute Gasteiger partial charge is 0.124 e. The van der Waals surface area contributed by atoms with Crippen LogP contribution in [0.4, 0.5) is 5.69 Å². The van der Waals surface area contributed by atoms with Crippen molar-refractivity contribution in [2.75, 3.05) is 5.32 Å². The van der Waals surface area contributed by atoms with E-state index in [4.69, 9.17) is 27.9 Å². The van der Waals surface area contributed by atoms with Gasteiger partial charge in [-0.05, 0) is 60.2 Å². The third kappa shape index (κ3) is 5.07. The maximum Gasteiger partial charge on any atom is 0.124 e. The zero-order chi connectivity index (χ0) is 18.5. The van der Waals surface area contributed by atoms with Gasteiger partial charge in [0.15, 0.2) is 0 Å². The SMILES string of the molecule is Oc1ccc(NCc2cc(Br)ccc2OCc2ccc(Cl)c(Cl)c2)cc1. The molecule has 3 aromatic carbocycles. The molecule has 0 amide bonds. The summed E-state index contributed by atoms with van der Waals surface area (Å²) in [5.74, 6) is 1.02. The minimum atomic E-state index is 0.239. The van der Waals surface area contributed by atoms with Gasteiger partial charge in [0.2, 0.25) is 0 Å². The molecule has 3 aromatic rings. The van der Waals surface area contributed by atoms with Gasteiger partial charge in [0.05, 0.1) is 10.0 Å². The minimum Gasteiger partial charge on any atom is -0.508 e. The molecule has 134 valence electrons. The van der Waals surface area contributed by atoms with E-state index in [-0.39, 0.29) is 5.75 Å². The summed E-state index contributed by atoms with van der Waals surface area (Å²) in [6.07, 6.45) is 0. The molecule has 0 radical (unpaired) electrons. The molecule has 0 heterocycles. The van der Waals surface area contributed by atoms with Crippen LogP contribution in [0.25, 0.3) is 0 Å². The van der Waals surface area contributed by atoms with Gasteiger partial charge in [0.1, 0.15) is 18.1 Å². The third-order valence-electron chi connectivity index (χ3n) is 3.75. The molecule has 2 N–H and O–H groups in total. The van der Waals surface area contributed by atoms with E-state index >= 15 is 0 Å². The Balaban J connectivity index is 1.70. The molecule has 0 aliphatic rings. The summed E-state index contributed by atoms with van der Waals surface area (Å²) < 4.78 is 6.95. The molecule has 0 atom stereocenters. The molecule has 0 bridgehead atoms. The molecule has 6 heteroatoms. The second-order valence-electron chi connectivity index (χ2n) is 5.69. The van der Waals surface area contributed by atoms with Crippen molar-refractivity contribution in [3.63, 3.8) is 0 Å². The zero-order valence-corrected chi connectivity index (χ0v) is 16.8. The maximum absolute atomic E-state index is 9.37. The summed E-state index contributed by atoms with van der Waals surface area (Å²) in [7, 11) is 0. The van der Waals surface area contributed by atoms with Crippen molar-refractivity contribution in [3.05, 3.63) is 86.3 Å². The van der Waals surface area contributed by atoms with Gasteiger partial charge in [-0.1, -0.05) is 45.2 Å². The van der Waals surface area contributed by atoms with Crippen LogP contribution in [0.5, 0.6) is 11.5 Å². The van der Waals surface area contributed by atoms with Crippen LogP contribution in [-0.2, 0) is 13.2 Å². The largest absolute Gasteiger partial charge is 0.508 e. The summed E-state index contributed by atoms with van der Waals surface area (Å²) in [6.45, 7) is 0.978. The highest BCUT2D eigenvalue weighted by Crippen LogP contribution is 2.27. The summed E-state index contributed by atoms with van der Waals surface area (Å²) in [5, 5.41) is 13.7. The molecule has 0 aromatic heterocycles. The number of hydrogen-bond acceptors (Lipinski definition) is 3. The molecular formula is C20H16BrCl2NO2. The van der Waals surface area contributed by atoms with Crippen molar-refractivity contribution in [2.45, 2.75) is 13.2 Å². The quantitative estimate of drug-likeness (QED) is 0.411. The van der Waals surface area contributed by atoms with Gasteiger partial charge in [0, 0.05) is 22.3 Å². The molecular weight excluding hydrogens is 437 g/mol. The number of anilines is 1. The predicted molar refractivity (Wildman–Crippen MR) is 110 cm³/mol. The Morgan fingerprint density at radius 1 is 0.923 bits per heavy atom. The number of aromatic hydroxyl groups is 1. The molecule has 0 saturated heterocycles. The first-order chi connectivity index (χ1) is 12.5. The summed E-state index contributed by atoms with van der Waals surface area (Å²) in [6, 6.07) is 18.3. The number of phenolic OH excluding ortho intramolecular Hbond substituents is 1. The van der Waals surface area contributed by atoms with Gasteiger partial charge < -0.3 is 15.2 Å². The molecule has 0 unspecified atom stereocenters. The Hall–Kier alpha value is -1.88. The first kappa shape index (κ1) is 18.9. The van der Waals surface area contributed by atoms with E-state index < -0.39 is 0 Å². The molecule has 0 spiro atoms. The third-order valence-corrected chi connectivity index (χ3v) is 4.98. The van der Waals surface area contributed by atoms with Gasteiger partial charge in [0.25, 0.3) is 0 Å². The van der Waals surface area contributed by atoms with E-state index in [1.165, 1.54) is 0 Å². The Labute approximate surface area is 170 Å². The van der Waals surface area contributed by atoms with Gasteiger partial charge in [-0.3, -0.25) is 0 Å². The van der Waals surface area contributed by atoms with Crippen LogP contribution in [0.1, 0.15) is 11.1 Å². The lowest BCUT2D eigenvalue weighted by Crippen LogP contribution is -2.04. The van der Waals surface area contributed by atoms with Crippen molar-refractivity contribution in [2.24, 2.45) is 0 Å². The zero-order valence-electron chi connectivity index (χ0n) is 13.7. The maximum atomic E-state index is 9.37. The highest BCUT2D eigenvalue weighted by atomic mass is 79.9. The number of ether oxygens (including phenoxy) is 1. The highest BCUT2D eigenvalue weighted by Gasteiger charge is 2.07. The van der Waals surface area contributed by atoms with Crippen molar-refractivity contribution in [1.29, 1.82) is 0 Å². The van der Waals surface area contributed by atoms with Crippen molar-refractivity contribution >= 4 is 44.8 Å². The van der Waals surface area contributed by atoms with Crippen LogP contribution in [0.2, 0.25) is 10.0 Å². The molecule has 26 heavy (non-hydrogen) atoms. The van der Waals surface area contributed by atoms with E-state index in [1.807, 2.05) is 36.4 Å². The molecule has 0 saturated carbocycles. The van der Waals surface area contributed by atoms with E-state index in [9.17, 15) is 5.11 Å². The van der Waals surface area contributed by atoms with Crippen molar-refractivity contribution in [3.8, 4) is 11.5 Å². The van der Waals surface area contributed by atoms with E-state index in [0.717, 1.165) is 27.0 Å². The first-order valence-corrected chi connectivity index (χ1v) is 9.44. The normalized spacial score (nSPS) is 10.6. The second-order valence-corrected chi connectivity index (χ2v) is 7.42. The minimum absolute atomic E-state index is 0.239. The predicted octanol–water partition coefficient (Wildman–Crippen LogP) is 6.65. The van der Waals surface area contributed by atoms with Crippen LogP contribution >= 0.6 is 39.1 Å². The highest BCUT2D eigenvalue weighted by molar-refractivity contribution is 9.10. The lowest BCUT2D eigenvalue weighted by atomic mass is 10.2. The van der Waals surface area contributed by atoms with Crippen molar-refractivity contribution < 1.29 is 9.84 Å². The molecule has 0 fully saturated rings. The average molecular weight is 453 g/mol. The van der Waals surface area contributed by atoms with Crippen LogP contribution < -0.4 is 10.1 Å². The lowest BCUT2D eigenvalue weighted by Gasteiger charge is -2.14. The number of hydrogen-bond donors (Lipinski definition) is 2. The monoisotopic (exact) mass is 451 g/mol. The number of rotatable bonds is 6. The Kier molecular flexibility index (Phi) is 6.30. The summed E-state index contributed by atoms with van der Waals surface area (Å²) >= 11 is 15.5. The van der Waals surface area contributed by atoms with E-state index in [2.05, 4.69) is 21.2 Å². The molecule has 0 aliphatic heterocycles. The van der Waals surface area contributed by atoms with Crippen LogP contribution in [0.3, 0.4) is 0 Å². The fraction of sp³-hybridized carbons (Fsp3) is 0.100. The van der Waals surface area contributed by atoms with Crippen molar-refractivity contribution in [1.82, 2.24) is 0 Å². The molecule has 3 nitrogen and oxygen atoms in total. The van der Waals surface area contributed by atoms with E-state index in [1.54, 1.807) is 24.3 Å². The Morgan fingerprint density at radius 3 is 2.42 bits per heavy atom. The van der Waals surface area contributed by atoms with Gasteiger partial charge in [-0.15, -0.1) is 0 Å². The Bertz CT molecular complexity index is 901. The van der Waals surface area contributed by atoms with E-state index in [0.29, 0.717) is 23.2 Å². The van der Waals surface area contributed by atoms with Gasteiger partial charge >= 0.3 is 0 Å². The fourth-order valence-corrected chi connectivity index (χ4v) is 3.12. The standard InChI is InChI=1S/C20H16BrCl2NO2/c21-15-2-8-20(26-12-13-1-7-18(22)19(23)9-13)14(10-15)11-24-16-3-5-17(25)6-4-16/h1-10,24-25H,11-12H2. The fourth-order valence-electron chi connectivity index (χ4n) is 2.39. The average Bonchev–Trinajstić information content (AvgIpc) is 2.63. The number of phenols is 1. The topological polar surface area (TPSA) is 41.5 Å². The second kappa shape index (κ2) is 8.67. The number of nitrogens with one attached hydrogen (secondary N) is 1. The summed E-state index contributed by atoms with van der Waals surface area (Å²) in [5.41, 5.74) is 2.87. The Morgan fingerprint density at radius 2 is 1.69 bits per heavy atom.